The van der Waals surface area contributed by atoms with Crippen LogP contribution < -0.4 is 19.7 Å². The summed E-state index contributed by atoms with van der Waals surface area (Å²) in [5, 5.41) is 40.5. The Kier molecular flexibility index (Phi) is 22.8. The van der Waals surface area contributed by atoms with Gasteiger partial charge in [0.15, 0.2) is 0 Å². The van der Waals surface area contributed by atoms with Crippen LogP contribution in [0.15, 0.2) is 82.8 Å². The van der Waals surface area contributed by atoms with Crippen molar-refractivity contribution in [2.75, 3.05) is 14.2 Å². The number of aliphatic imine (C=N–C) groups is 2. The summed E-state index contributed by atoms with van der Waals surface area (Å²) in [4.78, 5) is 9.01. The molecule has 10 heteroatoms. The van der Waals surface area contributed by atoms with Gasteiger partial charge < -0.3 is 25.2 Å². The molecule has 0 unspecified atom stereocenters. The Morgan fingerprint density at radius 1 is 0.534 bits per heavy atom. The molecule has 4 aromatic rings. The van der Waals surface area contributed by atoms with Gasteiger partial charge in [0.2, 0.25) is 0 Å². The van der Waals surface area contributed by atoms with Gasteiger partial charge in [-0.3, -0.25) is 9.98 Å². The zero-order valence-corrected chi connectivity index (χ0v) is 38.8. The second-order valence-corrected chi connectivity index (χ2v) is 17.2. The first-order chi connectivity index (χ1) is 25.9. The summed E-state index contributed by atoms with van der Waals surface area (Å²) in [5.41, 5.74) is 6.05. The van der Waals surface area contributed by atoms with E-state index in [9.17, 15) is 10.2 Å². The van der Waals surface area contributed by atoms with E-state index in [4.69, 9.17) is 20.0 Å². The molecule has 0 amide bonds. The molecule has 0 aromatic heterocycles. The number of rotatable bonds is 6. The summed E-state index contributed by atoms with van der Waals surface area (Å²) < 4.78 is 10.7. The minimum Gasteiger partial charge on any atom is -2.00 e. The van der Waals surface area contributed by atoms with Crippen LogP contribution >= 0.6 is 0 Å². The Morgan fingerprint density at radius 2 is 0.810 bits per heavy atom. The van der Waals surface area contributed by atoms with Crippen LogP contribution in [-0.2, 0) is 45.7 Å². The zero-order chi connectivity index (χ0) is 43.1. The largest absolute Gasteiger partial charge is 4.00 e. The van der Waals surface area contributed by atoms with E-state index in [2.05, 4.69) is 93.1 Å². The molecule has 0 saturated carbocycles. The van der Waals surface area contributed by atoms with Crippen LogP contribution in [0, 0.1) is 22.7 Å². The van der Waals surface area contributed by atoms with Crippen molar-refractivity contribution in [1.29, 1.82) is 10.5 Å². The van der Waals surface area contributed by atoms with Crippen molar-refractivity contribution in [3.05, 3.63) is 106 Å². The standard InChI is InChI=1S/2C22H29NO2.2C2H3N.O.V/c2*1-21(2,3)16-12-15(20(24)17(13-16)22(4,5)6)14-23-18-10-8-9-11-19(18)25-7;2*1-2-3;;/h2*8-14,24H,1-7H3;2*1H3;;/q;;;;-2;+4/p-2. The first-order valence-corrected chi connectivity index (χ1v) is 18.6. The van der Waals surface area contributed by atoms with Crippen molar-refractivity contribution in [1.82, 2.24) is 0 Å². The van der Waals surface area contributed by atoms with Gasteiger partial charge in [-0.25, -0.2) is 0 Å². The molecule has 309 valence electrons. The van der Waals surface area contributed by atoms with Gasteiger partial charge in [0.05, 0.1) is 26.4 Å². The minimum atomic E-state index is -0.217. The predicted molar refractivity (Wildman–Crippen MR) is 230 cm³/mol. The van der Waals surface area contributed by atoms with Gasteiger partial charge in [-0.15, -0.1) is 0 Å². The van der Waals surface area contributed by atoms with Gasteiger partial charge in [-0.2, -0.15) is 10.5 Å². The Hall–Kier alpha value is -5.06. The fourth-order valence-electron chi connectivity index (χ4n) is 5.23. The van der Waals surface area contributed by atoms with Crippen molar-refractivity contribution in [2.45, 2.75) is 119 Å². The van der Waals surface area contributed by atoms with Crippen molar-refractivity contribution in [3.63, 3.8) is 0 Å². The van der Waals surface area contributed by atoms with Crippen molar-refractivity contribution in [2.24, 2.45) is 9.98 Å². The molecule has 4 aromatic carbocycles. The first kappa shape index (κ1) is 55.0. The fourth-order valence-corrected chi connectivity index (χ4v) is 5.23. The zero-order valence-electron chi connectivity index (χ0n) is 37.4. The molecular weight excluding hydrogens is 763 g/mol. The van der Waals surface area contributed by atoms with E-state index >= 15 is 0 Å². The van der Waals surface area contributed by atoms with E-state index in [1.165, 1.54) is 13.8 Å². The van der Waals surface area contributed by atoms with Gasteiger partial charge in [0, 0.05) is 26.3 Å². The maximum Gasteiger partial charge on any atom is 4.00 e. The van der Waals surface area contributed by atoms with Gasteiger partial charge in [-0.05, 0) is 79.3 Å². The van der Waals surface area contributed by atoms with Crippen molar-refractivity contribution < 1.29 is 43.7 Å². The van der Waals surface area contributed by atoms with E-state index < -0.39 is 0 Å². The molecule has 0 heterocycles. The van der Waals surface area contributed by atoms with Crippen molar-refractivity contribution >= 4 is 23.8 Å². The molecule has 0 atom stereocenters. The van der Waals surface area contributed by atoms with Crippen molar-refractivity contribution in [3.8, 4) is 35.1 Å². The summed E-state index contributed by atoms with van der Waals surface area (Å²) in [5.74, 6) is 1.46. The summed E-state index contributed by atoms with van der Waals surface area (Å²) >= 11 is 0. The van der Waals surface area contributed by atoms with Crippen LogP contribution in [0.5, 0.6) is 23.0 Å². The monoisotopic (exact) mass is 825 g/mol. The third-order valence-corrected chi connectivity index (χ3v) is 8.44. The van der Waals surface area contributed by atoms with E-state index in [0.29, 0.717) is 34.0 Å². The number of nitrogens with zero attached hydrogens (tertiary/aromatic N) is 4. The number of benzene rings is 4. The molecule has 58 heavy (non-hydrogen) atoms. The van der Waals surface area contributed by atoms with Crippen LogP contribution in [0.2, 0.25) is 0 Å². The first-order valence-electron chi connectivity index (χ1n) is 18.6. The van der Waals surface area contributed by atoms with E-state index in [-0.39, 0.29) is 57.2 Å². The Labute approximate surface area is 360 Å². The van der Waals surface area contributed by atoms with Gasteiger partial charge in [-0.1, -0.05) is 143 Å². The molecular formula is C48H62N4O5V. The topological polar surface area (TPSA) is 165 Å². The number of para-hydroxylation sites is 4. The van der Waals surface area contributed by atoms with Gasteiger partial charge in [0.25, 0.3) is 0 Å². The molecule has 0 N–H and O–H groups in total. The molecule has 1 radical (unpaired) electrons. The maximum atomic E-state index is 12.9. The molecule has 0 saturated heterocycles. The number of nitriles is 2. The molecule has 0 aliphatic heterocycles. The second-order valence-electron chi connectivity index (χ2n) is 17.2. The minimum absolute atomic E-state index is 0. The number of methoxy groups -OCH3 is 2. The van der Waals surface area contributed by atoms with Gasteiger partial charge in [0.1, 0.15) is 22.9 Å². The SMILES string of the molecule is CC#N.CC#N.COc1ccccc1N=Cc1cc(C(C)(C)C)cc(C(C)(C)C)c1[O-].COc1ccccc1N=Cc1cc(C(C)(C)C)cc(C(C)(C)C)c1[O-].[O-2].[V+4]. The van der Waals surface area contributed by atoms with E-state index in [1.807, 2.05) is 72.8 Å². The van der Waals surface area contributed by atoms with Crippen LogP contribution in [0.1, 0.15) is 130 Å². The second kappa shape index (κ2) is 24.0. The summed E-state index contributed by atoms with van der Waals surface area (Å²) in [6.07, 6.45) is 3.31. The van der Waals surface area contributed by atoms with Crippen LogP contribution in [-0.4, -0.2) is 26.6 Å². The normalized spacial score (nSPS) is 11.1. The Balaban J connectivity index is 0. The number of hydrogen-bond donors (Lipinski definition) is 0. The fraction of sp³-hybridized carbons (Fsp3) is 0.417. The Bertz CT molecular complexity index is 1890. The molecule has 0 aliphatic rings. The Morgan fingerprint density at radius 3 is 1.05 bits per heavy atom. The summed E-state index contributed by atoms with van der Waals surface area (Å²) in [6.45, 7) is 28.2. The predicted octanol–water partition coefficient (Wildman–Crippen LogP) is 11.2. The van der Waals surface area contributed by atoms with E-state index in [0.717, 1.165) is 22.3 Å². The molecule has 9 nitrogen and oxygen atoms in total. The average molecular weight is 826 g/mol. The average Bonchev–Trinajstić information content (AvgIpc) is 3.10. The summed E-state index contributed by atoms with van der Waals surface area (Å²) in [7, 11) is 3.23. The van der Waals surface area contributed by atoms with Crippen LogP contribution in [0.25, 0.3) is 0 Å². The molecule has 0 fully saturated rings. The number of ether oxygens (including phenoxy) is 2. The van der Waals surface area contributed by atoms with E-state index in [1.54, 1.807) is 38.8 Å². The van der Waals surface area contributed by atoms with Crippen LogP contribution in [0.4, 0.5) is 11.4 Å². The van der Waals surface area contributed by atoms with Crippen LogP contribution in [0.3, 0.4) is 0 Å². The molecule has 0 spiro atoms. The maximum absolute atomic E-state index is 12.9. The third kappa shape index (κ3) is 16.8. The summed E-state index contributed by atoms with van der Waals surface area (Å²) in [6, 6.07) is 26.6. The molecule has 0 bridgehead atoms. The third-order valence-electron chi connectivity index (χ3n) is 8.44. The quantitative estimate of drug-likeness (QED) is 0.175. The molecule has 0 aliphatic carbocycles. The smallest absolute Gasteiger partial charge is 2.00 e. The number of hydrogen-bond acceptors (Lipinski definition) is 8. The van der Waals surface area contributed by atoms with Gasteiger partial charge >= 0.3 is 18.6 Å². The molecule has 4 rings (SSSR count).